The van der Waals surface area contributed by atoms with Gasteiger partial charge in [-0.2, -0.15) is 0 Å². The average molecular weight is 313 g/mol. The summed E-state index contributed by atoms with van der Waals surface area (Å²) in [6, 6.07) is 0.145. The largest absolute Gasteiger partial charge is 0.383 e. The zero-order chi connectivity index (χ0) is 15.6. The molecule has 0 saturated carbocycles. The number of thiazole rings is 1. The Morgan fingerprint density at radius 2 is 2.38 bits per heavy atom. The number of carbonyl (C=O) groups excluding carboxylic acids is 1. The predicted octanol–water partition coefficient (Wildman–Crippen LogP) is 0.370. The predicted molar refractivity (Wildman–Crippen MR) is 84.8 cm³/mol. The minimum Gasteiger partial charge on any atom is -0.383 e. The van der Waals surface area contributed by atoms with Crippen LogP contribution in [-0.2, 0) is 4.74 Å². The number of anilines is 2. The van der Waals surface area contributed by atoms with Crippen LogP contribution < -0.4 is 16.4 Å². The fourth-order valence-corrected chi connectivity index (χ4v) is 3.29. The smallest absolute Gasteiger partial charge is 0.267 e. The molecule has 1 aliphatic heterocycles. The van der Waals surface area contributed by atoms with Gasteiger partial charge in [0.1, 0.15) is 10.7 Å². The Kier molecular flexibility index (Phi) is 5.02. The van der Waals surface area contributed by atoms with Crippen molar-refractivity contribution < 1.29 is 9.53 Å². The molecule has 1 amide bonds. The SMILES string of the molecule is COCC(C)N(C)C(=O)c1sc(N2CCC(N)C2)nc1N. The van der Waals surface area contributed by atoms with E-state index < -0.39 is 0 Å². The van der Waals surface area contributed by atoms with Crippen LogP contribution in [0.25, 0.3) is 0 Å². The molecule has 21 heavy (non-hydrogen) atoms. The molecule has 2 heterocycles. The molecule has 0 aromatic carbocycles. The molecule has 0 radical (unpaired) electrons. The van der Waals surface area contributed by atoms with Crippen LogP contribution in [0.15, 0.2) is 0 Å². The third kappa shape index (κ3) is 3.45. The summed E-state index contributed by atoms with van der Waals surface area (Å²) < 4.78 is 5.08. The van der Waals surface area contributed by atoms with Gasteiger partial charge in [-0.25, -0.2) is 4.98 Å². The number of methoxy groups -OCH3 is 1. The molecule has 0 aliphatic carbocycles. The minimum atomic E-state index is -0.121. The van der Waals surface area contributed by atoms with Crippen molar-refractivity contribution in [3.05, 3.63) is 4.88 Å². The molecule has 1 aromatic heterocycles. The van der Waals surface area contributed by atoms with Crippen LogP contribution in [0.4, 0.5) is 10.9 Å². The Hall–Kier alpha value is -1.38. The fraction of sp³-hybridized carbons (Fsp3) is 0.692. The second-order valence-corrected chi connectivity index (χ2v) is 6.40. The first kappa shape index (κ1) is 16.0. The van der Waals surface area contributed by atoms with Crippen molar-refractivity contribution in [3.8, 4) is 0 Å². The number of hydrogen-bond donors (Lipinski definition) is 2. The van der Waals surface area contributed by atoms with Crippen LogP contribution in [0.2, 0.25) is 0 Å². The molecule has 1 saturated heterocycles. The van der Waals surface area contributed by atoms with Gasteiger partial charge >= 0.3 is 0 Å². The van der Waals surface area contributed by atoms with Crippen LogP contribution in [0.3, 0.4) is 0 Å². The van der Waals surface area contributed by atoms with Crippen LogP contribution in [-0.4, -0.2) is 61.7 Å². The van der Waals surface area contributed by atoms with Crippen molar-refractivity contribution >= 4 is 28.2 Å². The van der Waals surface area contributed by atoms with E-state index in [9.17, 15) is 4.79 Å². The lowest BCUT2D eigenvalue weighted by Gasteiger charge is -2.23. The summed E-state index contributed by atoms with van der Waals surface area (Å²) in [5, 5.41) is 0.775. The molecule has 1 fully saturated rings. The van der Waals surface area contributed by atoms with Crippen molar-refractivity contribution in [3.63, 3.8) is 0 Å². The number of hydrogen-bond acceptors (Lipinski definition) is 7. The highest BCUT2D eigenvalue weighted by Gasteiger charge is 2.27. The van der Waals surface area contributed by atoms with Gasteiger partial charge < -0.3 is 26.0 Å². The topological polar surface area (TPSA) is 97.7 Å². The standard InChI is InChI=1S/C13H23N5O2S/c1-8(7-20-3)17(2)12(19)10-11(15)16-13(21-10)18-5-4-9(14)6-18/h8-9H,4-7,14-15H2,1-3H3. The van der Waals surface area contributed by atoms with Crippen molar-refractivity contribution in [2.45, 2.75) is 25.4 Å². The molecule has 2 atom stereocenters. The van der Waals surface area contributed by atoms with Gasteiger partial charge in [0, 0.05) is 33.3 Å². The van der Waals surface area contributed by atoms with E-state index >= 15 is 0 Å². The van der Waals surface area contributed by atoms with Crippen LogP contribution in [0.5, 0.6) is 0 Å². The molecule has 118 valence electrons. The lowest BCUT2D eigenvalue weighted by atomic mass is 10.3. The Morgan fingerprint density at radius 3 is 2.95 bits per heavy atom. The first-order valence-corrected chi connectivity index (χ1v) is 7.78. The molecule has 1 aliphatic rings. The minimum absolute atomic E-state index is 0.0207. The molecular weight excluding hydrogens is 290 g/mol. The Balaban J connectivity index is 2.13. The summed E-state index contributed by atoms with van der Waals surface area (Å²) in [6.45, 7) is 4.03. The summed E-state index contributed by atoms with van der Waals surface area (Å²) in [6.07, 6.45) is 0.938. The molecule has 8 heteroatoms. The number of likely N-dealkylation sites (N-methyl/N-ethyl adjacent to an activating group) is 1. The van der Waals surface area contributed by atoms with Crippen LogP contribution in [0.1, 0.15) is 23.0 Å². The summed E-state index contributed by atoms with van der Waals surface area (Å²) in [5.41, 5.74) is 11.8. The van der Waals surface area contributed by atoms with E-state index in [1.165, 1.54) is 11.3 Å². The summed E-state index contributed by atoms with van der Waals surface area (Å²) in [5.74, 6) is 0.168. The number of amides is 1. The molecule has 2 rings (SSSR count). The molecule has 0 bridgehead atoms. The maximum atomic E-state index is 12.5. The van der Waals surface area contributed by atoms with Crippen molar-refractivity contribution in [2.24, 2.45) is 5.73 Å². The third-order valence-electron chi connectivity index (χ3n) is 3.72. The highest BCUT2D eigenvalue weighted by atomic mass is 32.1. The van der Waals surface area contributed by atoms with E-state index in [1.54, 1.807) is 19.1 Å². The number of aromatic nitrogens is 1. The van der Waals surface area contributed by atoms with Crippen molar-refractivity contribution in [1.29, 1.82) is 0 Å². The maximum Gasteiger partial charge on any atom is 0.267 e. The van der Waals surface area contributed by atoms with E-state index in [4.69, 9.17) is 16.2 Å². The molecule has 0 spiro atoms. The molecule has 1 aromatic rings. The molecule has 7 nitrogen and oxygen atoms in total. The number of nitrogens with zero attached hydrogens (tertiary/aromatic N) is 3. The van der Waals surface area contributed by atoms with E-state index in [1.807, 2.05) is 6.92 Å². The molecule has 4 N–H and O–H groups in total. The molecule has 2 unspecified atom stereocenters. The summed E-state index contributed by atoms with van der Waals surface area (Å²) in [4.78, 5) is 21.0. The lowest BCUT2D eigenvalue weighted by Crippen LogP contribution is -2.37. The van der Waals surface area contributed by atoms with Gasteiger partial charge in [-0.3, -0.25) is 4.79 Å². The second kappa shape index (κ2) is 6.59. The van der Waals surface area contributed by atoms with Crippen LogP contribution in [0, 0.1) is 0 Å². The van der Waals surface area contributed by atoms with E-state index in [0.29, 0.717) is 11.5 Å². The highest BCUT2D eigenvalue weighted by molar-refractivity contribution is 7.18. The van der Waals surface area contributed by atoms with Gasteiger partial charge in [-0.1, -0.05) is 11.3 Å². The highest BCUT2D eigenvalue weighted by Crippen LogP contribution is 2.31. The number of carbonyl (C=O) groups is 1. The van der Waals surface area contributed by atoms with Crippen molar-refractivity contribution in [2.75, 3.05) is 44.5 Å². The number of nitrogens with two attached hydrogens (primary N) is 2. The summed E-state index contributed by atoms with van der Waals surface area (Å²) >= 11 is 1.33. The third-order valence-corrected chi connectivity index (χ3v) is 4.84. The monoisotopic (exact) mass is 313 g/mol. The van der Waals surface area contributed by atoms with E-state index in [2.05, 4.69) is 9.88 Å². The average Bonchev–Trinajstić information content (AvgIpc) is 3.03. The van der Waals surface area contributed by atoms with Gasteiger partial charge in [0.15, 0.2) is 5.13 Å². The maximum absolute atomic E-state index is 12.5. The summed E-state index contributed by atoms with van der Waals surface area (Å²) in [7, 11) is 3.36. The number of nitrogen functional groups attached to an aromatic ring is 1. The first-order valence-electron chi connectivity index (χ1n) is 6.97. The first-order chi connectivity index (χ1) is 9.93. The number of ether oxygens (including phenoxy) is 1. The Morgan fingerprint density at radius 1 is 1.67 bits per heavy atom. The Bertz CT molecular complexity index is 507. The van der Waals surface area contributed by atoms with Crippen molar-refractivity contribution in [1.82, 2.24) is 9.88 Å². The van der Waals surface area contributed by atoms with Gasteiger partial charge in [0.2, 0.25) is 0 Å². The van der Waals surface area contributed by atoms with Gasteiger partial charge in [-0.05, 0) is 13.3 Å². The van der Waals surface area contributed by atoms with Gasteiger partial charge in [-0.15, -0.1) is 0 Å². The zero-order valence-corrected chi connectivity index (χ0v) is 13.5. The van der Waals surface area contributed by atoms with E-state index in [0.717, 1.165) is 24.6 Å². The van der Waals surface area contributed by atoms with Gasteiger partial charge in [0.25, 0.3) is 5.91 Å². The quantitative estimate of drug-likeness (QED) is 0.815. The number of rotatable bonds is 5. The van der Waals surface area contributed by atoms with Crippen LogP contribution >= 0.6 is 11.3 Å². The normalized spacial score (nSPS) is 19.8. The Labute approximate surface area is 128 Å². The van der Waals surface area contributed by atoms with E-state index in [-0.39, 0.29) is 23.8 Å². The fourth-order valence-electron chi connectivity index (χ4n) is 2.28. The molecular formula is C13H23N5O2S. The lowest BCUT2D eigenvalue weighted by molar-refractivity contribution is 0.0639. The second-order valence-electron chi connectivity index (χ2n) is 5.43. The zero-order valence-electron chi connectivity index (χ0n) is 12.7. The van der Waals surface area contributed by atoms with Gasteiger partial charge in [0.05, 0.1) is 12.6 Å².